The number of carbonyl (C=O) groups excluding carboxylic acids is 3. The van der Waals surface area contributed by atoms with Crippen LogP contribution in [0, 0.1) is 0 Å². The van der Waals surface area contributed by atoms with Gasteiger partial charge in [-0.2, -0.15) is 0 Å². The van der Waals surface area contributed by atoms with Crippen molar-refractivity contribution in [3.8, 4) is 11.5 Å². The third kappa shape index (κ3) is 6.42. The maximum Gasteiger partial charge on any atom is 0.344 e. The van der Waals surface area contributed by atoms with E-state index in [9.17, 15) is 14.4 Å². The van der Waals surface area contributed by atoms with Crippen molar-refractivity contribution in [2.75, 3.05) is 20.3 Å². The molecule has 0 saturated heterocycles. The van der Waals surface area contributed by atoms with Crippen LogP contribution in [0.2, 0.25) is 0 Å². The molecule has 0 aliphatic carbocycles. The average molecular weight is 385 g/mol. The zero-order valence-electron chi connectivity index (χ0n) is 16.1. The highest BCUT2D eigenvalue weighted by Gasteiger charge is 2.13. The summed E-state index contributed by atoms with van der Waals surface area (Å²) < 4.78 is 15.1. The van der Waals surface area contributed by atoms with Gasteiger partial charge < -0.3 is 14.2 Å². The Morgan fingerprint density at radius 2 is 1.50 bits per heavy atom. The van der Waals surface area contributed by atoms with Crippen LogP contribution in [0.1, 0.15) is 35.7 Å². The summed E-state index contributed by atoms with van der Waals surface area (Å²) in [5.41, 5.74) is 1.45. The Labute approximate surface area is 163 Å². The van der Waals surface area contributed by atoms with E-state index in [4.69, 9.17) is 14.2 Å². The van der Waals surface area contributed by atoms with Gasteiger partial charge in [-0.25, -0.2) is 4.79 Å². The monoisotopic (exact) mass is 385 g/mol. The number of amides is 2. The summed E-state index contributed by atoms with van der Waals surface area (Å²) in [4.78, 5) is 35.4. The first-order chi connectivity index (χ1) is 13.4. The van der Waals surface area contributed by atoms with Gasteiger partial charge in [-0.15, -0.1) is 0 Å². The standard InChI is InChI=1S/C21H23NO6/c1-14(2)15-4-10-18(11-5-15)27-13-20(24)28-12-19(23)22-21(25)16-6-8-17(26-3)9-7-16/h4-11,14H,12-13H2,1-3H3,(H,22,23,25). The van der Waals surface area contributed by atoms with Crippen molar-refractivity contribution in [1.29, 1.82) is 0 Å². The van der Waals surface area contributed by atoms with Gasteiger partial charge in [0.05, 0.1) is 7.11 Å². The van der Waals surface area contributed by atoms with E-state index in [0.717, 1.165) is 5.56 Å². The fourth-order valence-corrected chi connectivity index (χ4v) is 2.26. The summed E-state index contributed by atoms with van der Waals surface area (Å²) in [5.74, 6) is -0.505. The summed E-state index contributed by atoms with van der Waals surface area (Å²) >= 11 is 0. The van der Waals surface area contributed by atoms with Crippen molar-refractivity contribution >= 4 is 17.8 Å². The van der Waals surface area contributed by atoms with Crippen LogP contribution in [0.15, 0.2) is 48.5 Å². The first kappa shape index (κ1) is 21.0. The molecule has 0 aliphatic heterocycles. The number of imide groups is 1. The number of nitrogens with one attached hydrogen (secondary N) is 1. The number of hydrogen-bond donors (Lipinski definition) is 1. The van der Waals surface area contributed by atoms with Crippen molar-refractivity contribution in [3.05, 3.63) is 59.7 Å². The molecule has 0 aliphatic rings. The van der Waals surface area contributed by atoms with E-state index in [1.54, 1.807) is 24.3 Å². The van der Waals surface area contributed by atoms with Crippen LogP contribution in [0.25, 0.3) is 0 Å². The molecule has 7 heteroatoms. The normalized spacial score (nSPS) is 10.3. The summed E-state index contributed by atoms with van der Waals surface area (Å²) in [7, 11) is 1.51. The van der Waals surface area contributed by atoms with Crippen LogP contribution < -0.4 is 14.8 Å². The maximum atomic E-state index is 11.9. The topological polar surface area (TPSA) is 90.9 Å². The highest BCUT2D eigenvalue weighted by atomic mass is 16.6. The molecule has 0 bridgehead atoms. The Hall–Kier alpha value is -3.35. The van der Waals surface area contributed by atoms with Gasteiger partial charge in [0.1, 0.15) is 11.5 Å². The molecule has 1 N–H and O–H groups in total. The summed E-state index contributed by atoms with van der Waals surface area (Å²) in [5, 5.41) is 2.14. The van der Waals surface area contributed by atoms with E-state index in [0.29, 0.717) is 17.4 Å². The third-order valence-electron chi connectivity index (χ3n) is 3.87. The molecule has 0 fully saturated rings. The van der Waals surface area contributed by atoms with Gasteiger partial charge in [0.25, 0.3) is 11.8 Å². The number of benzene rings is 2. The highest BCUT2D eigenvalue weighted by molar-refractivity contribution is 6.05. The van der Waals surface area contributed by atoms with Gasteiger partial charge in [0.2, 0.25) is 0 Å². The molecule has 148 valence electrons. The lowest BCUT2D eigenvalue weighted by Gasteiger charge is -2.09. The van der Waals surface area contributed by atoms with Gasteiger partial charge in [0, 0.05) is 5.56 Å². The number of hydrogen-bond acceptors (Lipinski definition) is 6. The molecule has 0 aromatic heterocycles. The van der Waals surface area contributed by atoms with Gasteiger partial charge in [-0.3, -0.25) is 14.9 Å². The minimum absolute atomic E-state index is 0.286. The Bertz CT molecular complexity index is 812. The zero-order chi connectivity index (χ0) is 20.5. The van der Waals surface area contributed by atoms with Crippen molar-refractivity contribution in [1.82, 2.24) is 5.32 Å². The molecule has 2 aromatic rings. The molecule has 28 heavy (non-hydrogen) atoms. The lowest BCUT2D eigenvalue weighted by Crippen LogP contribution is -2.34. The SMILES string of the molecule is COc1ccc(C(=O)NC(=O)COC(=O)COc2ccc(C(C)C)cc2)cc1. The molecule has 0 radical (unpaired) electrons. The Morgan fingerprint density at radius 3 is 2.07 bits per heavy atom. The van der Waals surface area contributed by atoms with E-state index in [-0.39, 0.29) is 12.2 Å². The van der Waals surface area contributed by atoms with Crippen molar-refractivity contribution in [2.24, 2.45) is 0 Å². The van der Waals surface area contributed by atoms with E-state index in [1.807, 2.05) is 12.1 Å². The first-order valence-corrected chi connectivity index (χ1v) is 8.75. The predicted octanol–water partition coefficient (Wildman–Crippen LogP) is 2.70. The molecule has 2 amide bonds. The molecule has 7 nitrogen and oxygen atoms in total. The fourth-order valence-electron chi connectivity index (χ4n) is 2.26. The minimum atomic E-state index is -0.726. The zero-order valence-corrected chi connectivity index (χ0v) is 16.1. The minimum Gasteiger partial charge on any atom is -0.497 e. The van der Waals surface area contributed by atoms with Crippen LogP contribution in [0.4, 0.5) is 0 Å². The van der Waals surface area contributed by atoms with Gasteiger partial charge in [-0.05, 0) is 47.9 Å². The van der Waals surface area contributed by atoms with E-state index < -0.39 is 24.4 Å². The second-order valence-corrected chi connectivity index (χ2v) is 6.28. The number of methoxy groups -OCH3 is 1. The van der Waals surface area contributed by atoms with Gasteiger partial charge >= 0.3 is 5.97 Å². The smallest absolute Gasteiger partial charge is 0.344 e. The molecule has 0 heterocycles. The maximum absolute atomic E-state index is 11.9. The largest absolute Gasteiger partial charge is 0.497 e. The summed E-state index contributed by atoms with van der Waals surface area (Å²) in [6.45, 7) is 3.26. The third-order valence-corrected chi connectivity index (χ3v) is 3.87. The van der Waals surface area contributed by atoms with E-state index >= 15 is 0 Å². The lowest BCUT2D eigenvalue weighted by atomic mass is 10.0. The van der Waals surface area contributed by atoms with Crippen LogP contribution in [-0.4, -0.2) is 38.1 Å². The number of esters is 1. The van der Waals surface area contributed by atoms with Crippen molar-refractivity contribution in [2.45, 2.75) is 19.8 Å². The van der Waals surface area contributed by atoms with Gasteiger partial charge in [0.15, 0.2) is 13.2 Å². The number of rotatable bonds is 8. The molecular weight excluding hydrogens is 362 g/mol. The van der Waals surface area contributed by atoms with Gasteiger partial charge in [-0.1, -0.05) is 26.0 Å². The molecule has 2 aromatic carbocycles. The molecule has 2 rings (SSSR count). The average Bonchev–Trinajstić information content (AvgIpc) is 2.71. The van der Waals surface area contributed by atoms with Crippen molar-refractivity contribution in [3.63, 3.8) is 0 Å². The van der Waals surface area contributed by atoms with E-state index in [1.165, 1.54) is 19.2 Å². The van der Waals surface area contributed by atoms with Crippen LogP contribution >= 0.6 is 0 Å². The van der Waals surface area contributed by atoms with E-state index in [2.05, 4.69) is 19.2 Å². The fraction of sp³-hybridized carbons (Fsp3) is 0.286. The Morgan fingerprint density at radius 1 is 0.893 bits per heavy atom. The van der Waals surface area contributed by atoms with Crippen LogP contribution in [0.3, 0.4) is 0 Å². The summed E-state index contributed by atoms with van der Waals surface area (Å²) in [6.07, 6.45) is 0. The first-order valence-electron chi connectivity index (χ1n) is 8.75. The number of ether oxygens (including phenoxy) is 3. The predicted molar refractivity (Wildman–Crippen MR) is 102 cm³/mol. The van der Waals surface area contributed by atoms with Crippen LogP contribution in [-0.2, 0) is 14.3 Å². The Kier molecular flexibility index (Phi) is 7.56. The molecule has 0 saturated carbocycles. The van der Waals surface area contributed by atoms with Crippen molar-refractivity contribution < 1.29 is 28.6 Å². The second-order valence-electron chi connectivity index (χ2n) is 6.28. The molecule has 0 unspecified atom stereocenters. The second kappa shape index (κ2) is 10.1. The quantitative estimate of drug-likeness (QED) is 0.703. The molecular formula is C21H23NO6. The molecule has 0 atom stereocenters. The summed E-state index contributed by atoms with van der Waals surface area (Å²) in [6, 6.07) is 13.6. The lowest BCUT2D eigenvalue weighted by molar-refractivity contribution is -0.150. The van der Waals surface area contributed by atoms with Crippen LogP contribution in [0.5, 0.6) is 11.5 Å². The highest BCUT2D eigenvalue weighted by Crippen LogP contribution is 2.18. The Balaban J connectivity index is 1.72. The number of carbonyl (C=O) groups is 3. The molecule has 0 spiro atoms.